The molecule has 0 aliphatic carbocycles. The van der Waals surface area contributed by atoms with Crippen LogP contribution < -0.4 is 4.74 Å². The van der Waals surface area contributed by atoms with Crippen molar-refractivity contribution in [1.29, 1.82) is 0 Å². The van der Waals surface area contributed by atoms with Crippen molar-refractivity contribution in [3.8, 4) is 28.6 Å². The topological polar surface area (TPSA) is 91.8 Å². The quantitative estimate of drug-likeness (QED) is 0.428. The third-order valence-corrected chi connectivity index (χ3v) is 6.57. The standard InChI is InChI=1S/C19H16N6O2S2/c1-26-15-4-2-13(3-5-15)17-22-24-19(27-17)29-11-14-10-28-18-23-21-16(25(14)18)12-6-8-20-9-7-12/h2-9,14H,10-11H2,1H3. The Balaban J connectivity index is 1.30. The SMILES string of the molecule is COc1ccc(-c2nnc(SCC3CSc4nnc(-c5ccncc5)n43)o2)cc1. The summed E-state index contributed by atoms with van der Waals surface area (Å²) in [4.78, 5) is 4.08. The van der Waals surface area contributed by atoms with Gasteiger partial charge in [-0.1, -0.05) is 23.5 Å². The number of thioether (sulfide) groups is 2. The molecule has 0 radical (unpaired) electrons. The number of rotatable bonds is 6. The Morgan fingerprint density at radius 3 is 2.69 bits per heavy atom. The van der Waals surface area contributed by atoms with Crippen molar-refractivity contribution in [2.24, 2.45) is 0 Å². The number of benzene rings is 1. The lowest BCUT2D eigenvalue weighted by molar-refractivity contribution is 0.414. The van der Waals surface area contributed by atoms with E-state index in [4.69, 9.17) is 9.15 Å². The van der Waals surface area contributed by atoms with Gasteiger partial charge in [-0.05, 0) is 36.4 Å². The Bertz CT molecular complexity index is 1110. The van der Waals surface area contributed by atoms with Gasteiger partial charge in [0, 0.05) is 35.0 Å². The van der Waals surface area contributed by atoms with Crippen molar-refractivity contribution >= 4 is 23.5 Å². The maximum Gasteiger partial charge on any atom is 0.276 e. The van der Waals surface area contributed by atoms with Gasteiger partial charge in [0.2, 0.25) is 5.89 Å². The lowest BCUT2D eigenvalue weighted by Crippen LogP contribution is -2.11. The van der Waals surface area contributed by atoms with Gasteiger partial charge in [0.25, 0.3) is 5.22 Å². The van der Waals surface area contributed by atoms with Gasteiger partial charge in [-0.3, -0.25) is 9.55 Å². The van der Waals surface area contributed by atoms with Gasteiger partial charge >= 0.3 is 0 Å². The summed E-state index contributed by atoms with van der Waals surface area (Å²) < 4.78 is 13.2. The highest BCUT2D eigenvalue weighted by Crippen LogP contribution is 2.38. The van der Waals surface area contributed by atoms with Gasteiger partial charge in [-0.25, -0.2) is 0 Å². The van der Waals surface area contributed by atoms with E-state index in [2.05, 4.69) is 29.9 Å². The number of pyridine rings is 1. The Morgan fingerprint density at radius 1 is 1.07 bits per heavy atom. The van der Waals surface area contributed by atoms with Crippen LogP contribution in [0.4, 0.5) is 0 Å². The largest absolute Gasteiger partial charge is 0.497 e. The van der Waals surface area contributed by atoms with Crippen LogP contribution in [0.3, 0.4) is 0 Å². The highest BCUT2D eigenvalue weighted by atomic mass is 32.2. The van der Waals surface area contributed by atoms with Crippen molar-refractivity contribution in [2.45, 2.75) is 16.4 Å². The Kier molecular flexibility index (Phi) is 4.94. The molecule has 0 saturated carbocycles. The fourth-order valence-electron chi connectivity index (χ4n) is 3.06. The zero-order valence-electron chi connectivity index (χ0n) is 15.4. The summed E-state index contributed by atoms with van der Waals surface area (Å²) in [6, 6.07) is 11.7. The second kappa shape index (κ2) is 7.88. The highest BCUT2D eigenvalue weighted by molar-refractivity contribution is 8.00. The number of hydrogen-bond acceptors (Lipinski definition) is 9. The predicted octanol–water partition coefficient (Wildman–Crippen LogP) is 3.84. The molecule has 3 aromatic heterocycles. The van der Waals surface area contributed by atoms with E-state index >= 15 is 0 Å². The molecule has 1 atom stereocenters. The average molecular weight is 425 g/mol. The van der Waals surface area contributed by atoms with E-state index in [1.165, 1.54) is 0 Å². The Hall–Kier alpha value is -2.85. The van der Waals surface area contributed by atoms with Crippen LogP contribution in [0.2, 0.25) is 0 Å². The minimum absolute atomic E-state index is 0.245. The first-order valence-corrected chi connectivity index (χ1v) is 10.9. The molecule has 1 aliphatic rings. The number of aromatic nitrogens is 6. The highest BCUT2D eigenvalue weighted by Gasteiger charge is 2.29. The summed E-state index contributed by atoms with van der Waals surface area (Å²) in [5.74, 6) is 3.88. The third kappa shape index (κ3) is 3.60. The third-order valence-electron chi connectivity index (χ3n) is 4.52. The summed E-state index contributed by atoms with van der Waals surface area (Å²) in [6.07, 6.45) is 3.53. The summed E-state index contributed by atoms with van der Waals surface area (Å²) in [6.45, 7) is 0. The van der Waals surface area contributed by atoms with Crippen molar-refractivity contribution in [2.75, 3.05) is 18.6 Å². The van der Waals surface area contributed by atoms with Gasteiger partial charge in [0.05, 0.1) is 13.2 Å². The van der Waals surface area contributed by atoms with E-state index in [9.17, 15) is 0 Å². The minimum Gasteiger partial charge on any atom is -0.497 e. The molecule has 10 heteroatoms. The first-order valence-electron chi connectivity index (χ1n) is 8.90. The Labute approximate surface area is 175 Å². The number of methoxy groups -OCH3 is 1. The van der Waals surface area contributed by atoms with Gasteiger partial charge in [0.15, 0.2) is 11.0 Å². The van der Waals surface area contributed by atoms with Gasteiger partial charge in [0.1, 0.15) is 5.75 Å². The van der Waals surface area contributed by atoms with E-state index < -0.39 is 0 Å². The van der Waals surface area contributed by atoms with Crippen LogP contribution in [0, 0.1) is 0 Å². The lowest BCUT2D eigenvalue weighted by atomic mass is 10.2. The van der Waals surface area contributed by atoms with Crippen LogP contribution in [0.15, 0.2) is 63.6 Å². The first-order chi connectivity index (χ1) is 14.3. The van der Waals surface area contributed by atoms with Crippen LogP contribution in [0.1, 0.15) is 6.04 Å². The molecule has 1 unspecified atom stereocenters. The number of hydrogen-bond donors (Lipinski definition) is 0. The van der Waals surface area contributed by atoms with Crippen molar-refractivity contribution in [3.05, 3.63) is 48.8 Å². The molecule has 0 bridgehead atoms. The van der Waals surface area contributed by atoms with Crippen LogP contribution in [0.5, 0.6) is 5.75 Å². The Morgan fingerprint density at radius 2 is 1.90 bits per heavy atom. The van der Waals surface area contributed by atoms with E-state index in [0.717, 1.165) is 39.4 Å². The molecule has 0 amide bonds. The van der Waals surface area contributed by atoms with E-state index in [1.807, 2.05) is 36.4 Å². The van der Waals surface area contributed by atoms with Gasteiger partial charge in [-0.2, -0.15) is 0 Å². The minimum atomic E-state index is 0.245. The average Bonchev–Trinajstić information content (AvgIpc) is 3.50. The predicted molar refractivity (Wildman–Crippen MR) is 110 cm³/mol. The van der Waals surface area contributed by atoms with E-state index in [0.29, 0.717) is 11.1 Å². The fraction of sp³-hybridized carbons (Fsp3) is 0.211. The van der Waals surface area contributed by atoms with Crippen LogP contribution >= 0.6 is 23.5 Å². The summed E-state index contributed by atoms with van der Waals surface area (Å²) in [7, 11) is 1.64. The van der Waals surface area contributed by atoms with Crippen LogP contribution in [0.25, 0.3) is 22.8 Å². The zero-order valence-corrected chi connectivity index (χ0v) is 17.1. The summed E-state index contributed by atoms with van der Waals surface area (Å²) in [5, 5.41) is 18.5. The molecule has 1 aromatic carbocycles. The second-order valence-corrected chi connectivity index (χ2v) is 8.25. The number of ether oxygens (including phenoxy) is 1. The molecule has 29 heavy (non-hydrogen) atoms. The maximum atomic E-state index is 5.83. The molecule has 146 valence electrons. The zero-order chi connectivity index (χ0) is 19.6. The fourth-order valence-corrected chi connectivity index (χ4v) is 5.13. The van der Waals surface area contributed by atoms with Gasteiger partial charge < -0.3 is 9.15 Å². The molecule has 0 spiro atoms. The van der Waals surface area contributed by atoms with Crippen molar-refractivity contribution in [1.82, 2.24) is 29.9 Å². The summed E-state index contributed by atoms with van der Waals surface area (Å²) >= 11 is 3.26. The summed E-state index contributed by atoms with van der Waals surface area (Å²) in [5.41, 5.74) is 1.87. The maximum absolute atomic E-state index is 5.83. The molecule has 0 N–H and O–H groups in total. The van der Waals surface area contributed by atoms with Crippen molar-refractivity contribution < 1.29 is 9.15 Å². The molecular formula is C19H16N6O2S2. The first kappa shape index (κ1) is 18.2. The molecular weight excluding hydrogens is 408 g/mol. The molecule has 8 nitrogen and oxygen atoms in total. The molecule has 4 aromatic rings. The van der Waals surface area contributed by atoms with E-state index in [1.54, 1.807) is 43.0 Å². The van der Waals surface area contributed by atoms with E-state index in [-0.39, 0.29) is 6.04 Å². The van der Waals surface area contributed by atoms with Crippen LogP contribution in [-0.4, -0.2) is 48.6 Å². The molecule has 4 heterocycles. The second-order valence-electron chi connectivity index (χ2n) is 6.29. The molecule has 0 fully saturated rings. The number of nitrogens with zero attached hydrogens (tertiary/aromatic N) is 6. The monoisotopic (exact) mass is 424 g/mol. The van der Waals surface area contributed by atoms with Gasteiger partial charge in [-0.15, -0.1) is 20.4 Å². The van der Waals surface area contributed by atoms with Crippen molar-refractivity contribution in [3.63, 3.8) is 0 Å². The number of fused-ring (bicyclic) bond motifs is 1. The molecule has 0 saturated heterocycles. The lowest BCUT2D eigenvalue weighted by Gasteiger charge is -2.12. The smallest absolute Gasteiger partial charge is 0.276 e. The molecule has 1 aliphatic heterocycles. The normalized spacial score (nSPS) is 15.4. The molecule has 5 rings (SSSR count). The van der Waals surface area contributed by atoms with Crippen LogP contribution in [-0.2, 0) is 0 Å².